The Kier molecular flexibility index (Phi) is 4.74. The lowest BCUT2D eigenvalue weighted by molar-refractivity contribution is -0.164. The van der Waals surface area contributed by atoms with Crippen LogP contribution in [0.5, 0.6) is 0 Å². The Morgan fingerprint density at radius 1 is 1.50 bits per heavy atom. The van der Waals surface area contributed by atoms with Crippen LogP contribution in [0.15, 0.2) is 0 Å². The van der Waals surface area contributed by atoms with Crippen LogP contribution in [-0.4, -0.2) is 47.8 Å². The van der Waals surface area contributed by atoms with E-state index in [1.54, 1.807) is 0 Å². The molecule has 1 fully saturated rings. The van der Waals surface area contributed by atoms with Gasteiger partial charge >= 0.3 is 5.97 Å². The first-order valence-electron chi connectivity index (χ1n) is 5.99. The molecular weight excluding hydrogens is 206 g/mol. The van der Waals surface area contributed by atoms with E-state index in [2.05, 4.69) is 18.7 Å². The molecule has 1 aliphatic heterocycles. The molecule has 0 aromatic heterocycles. The first-order chi connectivity index (χ1) is 7.41. The van der Waals surface area contributed by atoms with E-state index in [0.29, 0.717) is 0 Å². The molecule has 0 bridgehead atoms. The number of rotatable bonds is 7. The maximum Gasteiger partial charge on any atom is 0.329 e. The van der Waals surface area contributed by atoms with E-state index >= 15 is 0 Å². The molecule has 1 N–H and O–H groups in total. The van der Waals surface area contributed by atoms with Gasteiger partial charge in [0.15, 0.2) is 0 Å². The van der Waals surface area contributed by atoms with Crippen LogP contribution >= 0.6 is 0 Å². The minimum Gasteiger partial charge on any atom is -0.480 e. The van der Waals surface area contributed by atoms with E-state index in [0.717, 1.165) is 25.6 Å². The lowest BCUT2D eigenvalue weighted by Gasteiger charge is -2.47. The van der Waals surface area contributed by atoms with Crippen molar-refractivity contribution in [2.24, 2.45) is 5.92 Å². The maximum absolute atomic E-state index is 10.4. The fraction of sp³-hybridized carbons (Fsp3) is 0.917. The highest BCUT2D eigenvalue weighted by Gasteiger charge is 2.39. The van der Waals surface area contributed by atoms with Crippen LogP contribution in [0.25, 0.3) is 0 Å². The lowest BCUT2D eigenvalue weighted by atomic mass is 9.95. The summed E-state index contributed by atoms with van der Waals surface area (Å²) in [5, 5.41) is 8.53. The van der Waals surface area contributed by atoms with E-state index in [9.17, 15) is 4.79 Å². The highest BCUT2D eigenvalue weighted by atomic mass is 16.5. The topological polar surface area (TPSA) is 49.8 Å². The predicted octanol–water partition coefficient (Wildman–Crippen LogP) is 1.60. The van der Waals surface area contributed by atoms with Gasteiger partial charge in [-0.2, -0.15) is 0 Å². The molecule has 1 rings (SSSR count). The smallest absolute Gasteiger partial charge is 0.329 e. The molecule has 0 radical (unpaired) electrons. The first kappa shape index (κ1) is 13.5. The molecule has 1 saturated heterocycles. The van der Waals surface area contributed by atoms with Crippen molar-refractivity contribution in [2.75, 3.05) is 26.2 Å². The average Bonchev–Trinajstić information content (AvgIpc) is 2.11. The van der Waals surface area contributed by atoms with Gasteiger partial charge in [-0.05, 0) is 32.2 Å². The lowest BCUT2D eigenvalue weighted by Crippen LogP contribution is -2.61. The minimum absolute atomic E-state index is 0.184. The fourth-order valence-electron chi connectivity index (χ4n) is 2.11. The molecule has 0 aromatic carbocycles. The third-order valence-electron chi connectivity index (χ3n) is 2.92. The molecule has 0 aromatic rings. The van der Waals surface area contributed by atoms with Gasteiger partial charge in [-0.3, -0.25) is 4.90 Å². The first-order valence-corrected chi connectivity index (χ1v) is 5.99. The highest BCUT2D eigenvalue weighted by Crippen LogP contribution is 2.24. The Hall–Kier alpha value is -0.610. The molecular formula is C12H23NO3. The molecule has 0 unspecified atom stereocenters. The molecule has 16 heavy (non-hydrogen) atoms. The highest BCUT2D eigenvalue weighted by molar-refractivity contribution is 5.68. The molecule has 94 valence electrons. The van der Waals surface area contributed by atoms with E-state index in [1.807, 2.05) is 6.92 Å². The molecule has 0 atom stereocenters. The van der Waals surface area contributed by atoms with Crippen molar-refractivity contribution in [1.29, 1.82) is 0 Å². The minimum atomic E-state index is -0.889. The molecule has 1 heterocycles. The summed E-state index contributed by atoms with van der Waals surface area (Å²) in [7, 11) is 0. The van der Waals surface area contributed by atoms with Crippen LogP contribution in [0, 0.1) is 5.92 Å². The number of nitrogens with zero attached hydrogens (tertiary/aromatic N) is 1. The van der Waals surface area contributed by atoms with Gasteiger partial charge in [0.1, 0.15) is 6.61 Å². The van der Waals surface area contributed by atoms with Crippen LogP contribution in [0.3, 0.4) is 0 Å². The molecule has 1 aliphatic rings. The van der Waals surface area contributed by atoms with E-state index in [-0.39, 0.29) is 12.2 Å². The summed E-state index contributed by atoms with van der Waals surface area (Å²) >= 11 is 0. The Morgan fingerprint density at radius 2 is 2.12 bits per heavy atom. The van der Waals surface area contributed by atoms with Gasteiger partial charge < -0.3 is 9.84 Å². The zero-order chi connectivity index (χ0) is 12.2. The van der Waals surface area contributed by atoms with Crippen molar-refractivity contribution in [3.63, 3.8) is 0 Å². The fourth-order valence-corrected chi connectivity index (χ4v) is 2.11. The summed E-state index contributed by atoms with van der Waals surface area (Å²) in [5.41, 5.74) is -0.240. The Bertz CT molecular complexity index is 234. The summed E-state index contributed by atoms with van der Waals surface area (Å²) in [4.78, 5) is 12.7. The molecule has 0 amide bonds. The second-order valence-corrected chi connectivity index (χ2v) is 5.38. The number of aliphatic carboxylic acids is 1. The monoisotopic (exact) mass is 229 g/mol. The SMILES string of the molecule is CC(C)CCCN1CC(C)(OCC(=O)O)C1. The van der Waals surface area contributed by atoms with Crippen LogP contribution in [-0.2, 0) is 9.53 Å². The Labute approximate surface area is 97.6 Å². The van der Waals surface area contributed by atoms with Crippen molar-refractivity contribution in [1.82, 2.24) is 4.90 Å². The van der Waals surface area contributed by atoms with Gasteiger partial charge in [0, 0.05) is 13.1 Å². The van der Waals surface area contributed by atoms with Crippen LogP contribution in [0.1, 0.15) is 33.6 Å². The largest absolute Gasteiger partial charge is 0.480 e. The number of ether oxygens (including phenoxy) is 1. The molecule has 4 nitrogen and oxygen atoms in total. The standard InChI is InChI=1S/C12H23NO3/c1-10(2)5-4-6-13-8-12(3,9-13)16-7-11(14)15/h10H,4-9H2,1-3H3,(H,14,15). The third-order valence-corrected chi connectivity index (χ3v) is 2.92. The number of likely N-dealkylation sites (tertiary alicyclic amines) is 1. The second kappa shape index (κ2) is 5.64. The van der Waals surface area contributed by atoms with Gasteiger partial charge in [-0.15, -0.1) is 0 Å². The molecule has 0 spiro atoms. The Balaban J connectivity index is 2.09. The van der Waals surface area contributed by atoms with Crippen molar-refractivity contribution < 1.29 is 14.6 Å². The summed E-state index contributed by atoms with van der Waals surface area (Å²) in [6, 6.07) is 0. The number of carbonyl (C=O) groups is 1. The average molecular weight is 229 g/mol. The maximum atomic E-state index is 10.4. The van der Waals surface area contributed by atoms with Crippen molar-refractivity contribution in [3.05, 3.63) is 0 Å². The zero-order valence-corrected chi connectivity index (χ0v) is 10.5. The quantitative estimate of drug-likeness (QED) is 0.720. The third kappa shape index (κ3) is 4.49. The number of carboxylic acids is 1. The van der Waals surface area contributed by atoms with Gasteiger partial charge in [-0.1, -0.05) is 13.8 Å². The van der Waals surface area contributed by atoms with Crippen LogP contribution in [0.2, 0.25) is 0 Å². The molecule has 0 aliphatic carbocycles. The number of carboxylic acid groups (broad SMARTS) is 1. The zero-order valence-electron chi connectivity index (χ0n) is 10.5. The van der Waals surface area contributed by atoms with E-state index in [1.165, 1.54) is 12.8 Å². The van der Waals surface area contributed by atoms with Gasteiger partial charge in [0.05, 0.1) is 5.60 Å². The normalized spacial score (nSPS) is 19.8. The van der Waals surface area contributed by atoms with E-state index < -0.39 is 5.97 Å². The van der Waals surface area contributed by atoms with Crippen molar-refractivity contribution in [3.8, 4) is 0 Å². The summed E-state index contributed by atoms with van der Waals surface area (Å²) in [5.74, 6) is -0.129. The van der Waals surface area contributed by atoms with Crippen LogP contribution in [0.4, 0.5) is 0 Å². The van der Waals surface area contributed by atoms with Gasteiger partial charge in [0.2, 0.25) is 0 Å². The summed E-state index contributed by atoms with van der Waals surface area (Å²) < 4.78 is 5.34. The van der Waals surface area contributed by atoms with Crippen molar-refractivity contribution >= 4 is 5.97 Å². The summed E-state index contributed by atoms with van der Waals surface area (Å²) in [6.45, 7) is 9.08. The van der Waals surface area contributed by atoms with Crippen molar-refractivity contribution in [2.45, 2.75) is 39.2 Å². The van der Waals surface area contributed by atoms with E-state index in [4.69, 9.17) is 9.84 Å². The predicted molar refractivity (Wildman–Crippen MR) is 62.5 cm³/mol. The Morgan fingerprint density at radius 3 is 2.62 bits per heavy atom. The number of hydrogen-bond donors (Lipinski definition) is 1. The van der Waals surface area contributed by atoms with Gasteiger partial charge in [-0.25, -0.2) is 4.79 Å². The second-order valence-electron chi connectivity index (χ2n) is 5.38. The number of hydrogen-bond acceptors (Lipinski definition) is 3. The van der Waals surface area contributed by atoms with Gasteiger partial charge in [0.25, 0.3) is 0 Å². The molecule has 4 heteroatoms. The molecule has 0 saturated carbocycles. The summed E-state index contributed by atoms with van der Waals surface area (Å²) in [6.07, 6.45) is 2.47. The van der Waals surface area contributed by atoms with Crippen LogP contribution < -0.4 is 0 Å².